The van der Waals surface area contributed by atoms with E-state index in [1.807, 2.05) is 32.8 Å². The number of hydrogen-bond acceptors (Lipinski definition) is 5. The summed E-state index contributed by atoms with van der Waals surface area (Å²) in [6, 6.07) is 8.98. The van der Waals surface area contributed by atoms with Crippen LogP contribution in [0.15, 0.2) is 24.3 Å². The summed E-state index contributed by atoms with van der Waals surface area (Å²) in [7, 11) is 3.81. The van der Waals surface area contributed by atoms with Crippen molar-refractivity contribution in [1.82, 2.24) is 5.32 Å². The minimum atomic E-state index is -1.01. The number of rotatable bonds is 6. The molecule has 0 fully saturated rings. The standard InChI is InChI=1S/C18H25N3O3/c1-12(2)18(4,11-19)20-16(22)13(3)24-17(23)14-7-9-15(10-8-14)21(5)6/h7-10,12-13H,1-6H3,(H,20,22)/t13-,18-/m1/s1. The number of hydrogen-bond donors (Lipinski definition) is 1. The molecular weight excluding hydrogens is 306 g/mol. The summed E-state index contributed by atoms with van der Waals surface area (Å²) in [5.41, 5.74) is 0.316. The molecule has 1 aromatic rings. The van der Waals surface area contributed by atoms with Crippen molar-refractivity contribution in [3.8, 4) is 6.07 Å². The Hall–Kier alpha value is -2.55. The summed E-state index contributed by atoms with van der Waals surface area (Å²) in [5.74, 6) is -1.15. The van der Waals surface area contributed by atoms with Crippen molar-refractivity contribution in [3.63, 3.8) is 0 Å². The number of esters is 1. The Bertz CT molecular complexity index is 632. The Morgan fingerprint density at radius 3 is 2.17 bits per heavy atom. The number of nitriles is 1. The molecule has 24 heavy (non-hydrogen) atoms. The SMILES string of the molecule is CC(C)[C@@](C)(C#N)NC(=O)[C@@H](C)OC(=O)c1ccc(N(C)C)cc1. The summed E-state index contributed by atoms with van der Waals surface area (Å²) in [5, 5.41) is 11.9. The van der Waals surface area contributed by atoms with E-state index in [0.29, 0.717) is 5.56 Å². The second kappa shape index (κ2) is 7.82. The second-order valence-electron chi connectivity index (χ2n) is 6.45. The van der Waals surface area contributed by atoms with Crippen LogP contribution in [-0.4, -0.2) is 37.6 Å². The number of anilines is 1. The third-order valence-electron chi connectivity index (χ3n) is 4.04. The highest BCUT2D eigenvalue weighted by Crippen LogP contribution is 2.16. The van der Waals surface area contributed by atoms with Crippen molar-refractivity contribution < 1.29 is 14.3 Å². The lowest BCUT2D eigenvalue weighted by molar-refractivity contribution is -0.130. The Morgan fingerprint density at radius 1 is 1.21 bits per heavy atom. The predicted octanol–water partition coefficient (Wildman–Crippen LogP) is 2.35. The van der Waals surface area contributed by atoms with E-state index >= 15 is 0 Å². The van der Waals surface area contributed by atoms with Gasteiger partial charge >= 0.3 is 5.97 Å². The molecule has 1 aromatic carbocycles. The van der Waals surface area contributed by atoms with Gasteiger partial charge in [-0.25, -0.2) is 4.79 Å². The van der Waals surface area contributed by atoms with Crippen molar-refractivity contribution in [2.75, 3.05) is 19.0 Å². The first-order chi connectivity index (χ1) is 11.1. The zero-order chi connectivity index (χ0) is 18.5. The molecule has 0 unspecified atom stereocenters. The van der Waals surface area contributed by atoms with E-state index in [0.717, 1.165) is 5.69 Å². The summed E-state index contributed by atoms with van der Waals surface area (Å²) < 4.78 is 5.19. The Balaban J connectivity index is 2.73. The molecule has 0 aliphatic carbocycles. The lowest BCUT2D eigenvalue weighted by atomic mass is 9.90. The molecule has 2 atom stereocenters. The van der Waals surface area contributed by atoms with Crippen LogP contribution in [0.25, 0.3) is 0 Å². The minimum absolute atomic E-state index is 0.0760. The van der Waals surface area contributed by atoms with E-state index in [4.69, 9.17) is 4.74 Å². The van der Waals surface area contributed by atoms with Crippen LogP contribution in [0.4, 0.5) is 5.69 Å². The average molecular weight is 331 g/mol. The maximum atomic E-state index is 12.2. The Kier molecular flexibility index (Phi) is 6.35. The molecule has 6 heteroatoms. The van der Waals surface area contributed by atoms with Crippen LogP contribution in [-0.2, 0) is 9.53 Å². The normalized spacial score (nSPS) is 14.2. The zero-order valence-electron chi connectivity index (χ0n) is 15.1. The molecule has 1 amide bonds. The first kappa shape index (κ1) is 19.5. The fraction of sp³-hybridized carbons (Fsp3) is 0.500. The first-order valence-electron chi connectivity index (χ1n) is 7.82. The molecule has 0 heterocycles. The van der Waals surface area contributed by atoms with E-state index < -0.39 is 23.5 Å². The van der Waals surface area contributed by atoms with Crippen LogP contribution in [0.5, 0.6) is 0 Å². The summed E-state index contributed by atoms with van der Waals surface area (Å²) in [6.07, 6.45) is -0.988. The van der Waals surface area contributed by atoms with Gasteiger partial charge in [-0.2, -0.15) is 5.26 Å². The van der Waals surface area contributed by atoms with Gasteiger partial charge in [0.05, 0.1) is 11.6 Å². The summed E-state index contributed by atoms with van der Waals surface area (Å²) in [4.78, 5) is 26.2. The molecule has 0 spiro atoms. The number of ether oxygens (including phenoxy) is 1. The number of amides is 1. The second-order valence-corrected chi connectivity index (χ2v) is 6.45. The number of benzene rings is 1. The van der Waals surface area contributed by atoms with Crippen LogP contribution >= 0.6 is 0 Å². The van der Waals surface area contributed by atoms with Gasteiger partial charge in [0.15, 0.2) is 6.10 Å². The van der Waals surface area contributed by atoms with Gasteiger partial charge in [0.2, 0.25) is 0 Å². The van der Waals surface area contributed by atoms with E-state index in [1.54, 1.807) is 31.2 Å². The highest BCUT2D eigenvalue weighted by molar-refractivity contribution is 5.92. The van der Waals surface area contributed by atoms with Crippen LogP contribution in [0.1, 0.15) is 38.1 Å². The van der Waals surface area contributed by atoms with Crippen molar-refractivity contribution in [1.29, 1.82) is 5.26 Å². The average Bonchev–Trinajstić information content (AvgIpc) is 2.54. The summed E-state index contributed by atoms with van der Waals surface area (Å²) in [6.45, 7) is 6.81. The van der Waals surface area contributed by atoms with Crippen molar-refractivity contribution in [2.45, 2.75) is 39.3 Å². The van der Waals surface area contributed by atoms with E-state index in [2.05, 4.69) is 11.4 Å². The number of nitrogens with zero attached hydrogens (tertiary/aromatic N) is 2. The molecule has 0 aromatic heterocycles. The largest absolute Gasteiger partial charge is 0.449 e. The van der Waals surface area contributed by atoms with E-state index in [-0.39, 0.29) is 5.92 Å². The van der Waals surface area contributed by atoms with Crippen molar-refractivity contribution >= 4 is 17.6 Å². The summed E-state index contributed by atoms with van der Waals surface area (Å²) >= 11 is 0. The van der Waals surface area contributed by atoms with Crippen LogP contribution in [0, 0.1) is 17.2 Å². The van der Waals surface area contributed by atoms with Gasteiger partial charge in [0.25, 0.3) is 5.91 Å². The topological polar surface area (TPSA) is 82.4 Å². The van der Waals surface area contributed by atoms with Gasteiger partial charge in [-0.15, -0.1) is 0 Å². The molecule has 0 saturated carbocycles. The Labute approximate surface area is 143 Å². The van der Waals surface area contributed by atoms with Gasteiger partial charge in [-0.3, -0.25) is 4.79 Å². The molecule has 1 N–H and O–H groups in total. The van der Waals surface area contributed by atoms with E-state index in [1.165, 1.54) is 6.92 Å². The molecule has 0 aliphatic heterocycles. The smallest absolute Gasteiger partial charge is 0.338 e. The molecule has 0 radical (unpaired) electrons. The van der Waals surface area contributed by atoms with Gasteiger partial charge in [0, 0.05) is 19.8 Å². The highest BCUT2D eigenvalue weighted by atomic mass is 16.5. The number of carbonyl (C=O) groups is 2. The van der Waals surface area contributed by atoms with Crippen molar-refractivity contribution in [2.24, 2.45) is 5.92 Å². The van der Waals surface area contributed by atoms with Crippen LogP contribution in [0.3, 0.4) is 0 Å². The number of nitrogens with one attached hydrogen (secondary N) is 1. The number of carbonyl (C=O) groups excluding carboxylic acids is 2. The third-order valence-corrected chi connectivity index (χ3v) is 4.04. The Morgan fingerprint density at radius 2 is 1.75 bits per heavy atom. The molecule has 0 saturated heterocycles. The third kappa shape index (κ3) is 4.72. The van der Waals surface area contributed by atoms with Gasteiger partial charge in [-0.05, 0) is 44.0 Å². The molecule has 0 bridgehead atoms. The minimum Gasteiger partial charge on any atom is -0.449 e. The highest BCUT2D eigenvalue weighted by Gasteiger charge is 2.32. The fourth-order valence-electron chi connectivity index (χ4n) is 1.84. The maximum absolute atomic E-state index is 12.2. The molecule has 6 nitrogen and oxygen atoms in total. The van der Waals surface area contributed by atoms with E-state index in [9.17, 15) is 14.9 Å². The molecule has 0 aliphatic rings. The maximum Gasteiger partial charge on any atom is 0.338 e. The molecule has 1 rings (SSSR count). The van der Waals surface area contributed by atoms with Crippen molar-refractivity contribution in [3.05, 3.63) is 29.8 Å². The predicted molar refractivity (Wildman–Crippen MR) is 92.6 cm³/mol. The first-order valence-corrected chi connectivity index (χ1v) is 7.82. The zero-order valence-corrected chi connectivity index (χ0v) is 15.1. The lowest BCUT2D eigenvalue weighted by Gasteiger charge is -2.28. The molecular formula is C18H25N3O3. The quantitative estimate of drug-likeness (QED) is 0.809. The van der Waals surface area contributed by atoms with Crippen LogP contribution < -0.4 is 10.2 Å². The molecule has 130 valence electrons. The van der Waals surface area contributed by atoms with Gasteiger partial charge in [0.1, 0.15) is 5.54 Å². The fourth-order valence-corrected chi connectivity index (χ4v) is 1.84. The monoisotopic (exact) mass is 331 g/mol. The van der Waals surface area contributed by atoms with Gasteiger partial charge < -0.3 is 15.0 Å². The van der Waals surface area contributed by atoms with Crippen LogP contribution in [0.2, 0.25) is 0 Å². The van der Waals surface area contributed by atoms with Gasteiger partial charge in [-0.1, -0.05) is 13.8 Å². The lowest BCUT2D eigenvalue weighted by Crippen LogP contribution is -2.52.